The summed E-state index contributed by atoms with van der Waals surface area (Å²) in [5, 5.41) is 2.99. The lowest BCUT2D eigenvalue weighted by Crippen LogP contribution is -2.49. The zero-order valence-electron chi connectivity index (χ0n) is 17.2. The number of rotatable bonds is 5. The van der Waals surface area contributed by atoms with Crippen LogP contribution in [0.4, 0.5) is 5.69 Å². The molecule has 29 heavy (non-hydrogen) atoms. The van der Waals surface area contributed by atoms with Crippen molar-refractivity contribution in [2.75, 3.05) is 31.1 Å². The van der Waals surface area contributed by atoms with Crippen molar-refractivity contribution in [3.63, 3.8) is 0 Å². The zero-order chi connectivity index (χ0) is 20.4. The third kappa shape index (κ3) is 4.61. The molecule has 5 nitrogen and oxygen atoms in total. The molecule has 2 fully saturated rings. The molecule has 5 heteroatoms. The maximum atomic E-state index is 12.8. The number of carbonyl (C=O) groups excluding carboxylic acids is 2. The van der Waals surface area contributed by atoms with Gasteiger partial charge in [0.25, 0.3) is 0 Å². The molecular formula is C24H29N3O2. The summed E-state index contributed by atoms with van der Waals surface area (Å²) in [6.45, 7) is 7.79. The Morgan fingerprint density at radius 2 is 1.62 bits per heavy atom. The lowest BCUT2D eigenvalue weighted by Gasteiger charge is -2.36. The van der Waals surface area contributed by atoms with Gasteiger partial charge in [-0.3, -0.25) is 9.59 Å². The third-order valence-corrected chi connectivity index (χ3v) is 5.95. The van der Waals surface area contributed by atoms with Crippen LogP contribution < -0.4 is 10.2 Å². The van der Waals surface area contributed by atoms with Gasteiger partial charge in [0.15, 0.2) is 0 Å². The van der Waals surface area contributed by atoms with E-state index in [1.807, 2.05) is 30.0 Å². The van der Waals surface area contributed by atoms with Gasteiger partial charge >= 0.3 is 0 Å². The number of hydrogen-bond donors (Lipinski definition) is 1. The van der Waals surface area contributed by atoms with E-state index in [2.05, 4.69) is 47.5 Å². The molecule has 2 atom stereocenters. The molecule has 1 heterocycles. The summed E-state index contributed by atoms with van der Waals surface area (Å²) in [4.78, 5) is 29.5. The van der Waals surface area contributed by atoms with Gasteiger partial charge in [-0.2, -0.15) is 0 Å². The van der Waals surface area contributed by atoms with Gasteiger partial charge < -0.3 is 15.1 Å². The Bertz CT molecular complexity index is 903. The van der Waals surface area contributed by atoms with Gasteiger partial charge in [-0.15, -0.1) is 0 Å². The van der Waals surface area contributed by atoms with Crippen molar-refractivity contribution in [2.45, 2.75) is 26.8 Å². The van der Waals surface area contributed by atoms with E-state index < -0.39 is 0 Å². The van der Waals surface area contributed by atoms with Gasteiger partial charge in [0.1, 0.15) is 0 Å². The molecule has 0 bridgehead atoms. The van der Waals surface area contributed by atoms with E-state index in [-0.39, 0.29) is 23.7 Å². The molecule has 2 unspecified atom stereocenters. The average Bonchev–Trinajstić information content (AvgIpc) is 3.53. The molecule has 152 valence electrons. The van der Waals surface area contributed by atoms with E-state index in [0.717, 1.165) is 31.7 Å². The summed E-state index contributed by atoms with van der Waals surface area (Å²) >= 11 is 0. The van der Waals surface area contributed by atoms with E-state index >= 15 is 0 Å². The quantitative estimate of drug-likeness (QED) is 0.853. The predicted octanol–water partition coefficient (Wildman–Crippen LogP) is 2.90. The normalized spacial score (nSPS) is 21.0. The Labute approximate surface area is 172 Å². The van der Waals surface area contributed by atoms with Crippen LogP contribution in [0.2, 0.25) is 0 Å². The van der Waals surface area contributed by atoms with E-state index in [1.165, 1.54) is 16.8 Å². The standard InChI is InChI=1S/C24H29N3O2/c1-17-5-3-7-19(13-17)16-25-23(28)21-15-22(21)24(29)27-11-9-26(10-12-27)20-8-4-6-18(2)14-20/h3-8,13-14,21-22H,9-12,15-16H2,1-2H3,(H,25,28). The van der Waals surface area contributed by atoms with Crippen molar-refractivity contribution in [1.82, 2.24) is 10.2 Å². The minimum atomic E-state index is -0.165. The highest BCUT2D eigenvalue weighted by molar-refractivity contribution is 5.92. The molecule has 0 radical (unpaired) electrons. The van der Waals surface area contributed by atoms with Gasteiger partial charge in [0, 0.05) is 38.4 Å². The number of benzene rings is 2. The summed E-state index contributed by atoms with van der Waals surface area (Å²) < 4.78 is 0. The largest absolute Gasteiger partial charge is 0.368 e. The van der Waals surface area contributed by atoms with E-state index in [4.69, 9.17) is 0 Å². The number of aryl methyl sites for hydroxylation is 2. The highest BCUT2D eigenvalue weighted by atomic mass is 16.2. The molecule has 1 aliphatic heterocycles. The molecule has 0 spiro atoms. The maximum Gasteiger partial charge on any atom is 0.226 e. The highest BCUT2D eigenvalue weighted by Gasteiger charge is 2.49. The molecular weight excluding hydrogens is 362 g/mol. The number of nitrogens with one attached hydrogen (secondary N) is 1. The van der Waals surface area contributed by atoms with Crippen molar-refractivity contribution in [3.05, 3.63) is 65.2 Å². The fourth-order valence-electron chi connectivity index (χ4n) is 4.14. The predicted molar refractivity (Wildman–Crippen MR) is 115 cm³/mol. The van der Waals surface area contributed by atoms with E-state index in [0.29, 0.717) is 13.0 Å². The van der Waals surface area contributed by atoms with Crippen LogP contribution in [-0.4, -0.2) is 42.9 Å². The molecule has 2 aliphatic rings. The first-order valence-electron chi connectivity index (χ1n) is 10.4. The Hall–Kier alpha value is -2.82. The molecule has 2 aromatic carbocycles. The SMILES string of the molecule is Cc1cccc(CNC(=O)C2CC2C(=O)N2CCN(c3cccc(C)c3)CC2)c1. The summed E-state index contributed by atoms with van der Waals surface area (Å²) in [7, 11) is 0. The van der Waals surface area contributed by atoms with Crippen LogP contribution in [0.25, 0.3) is 0 Å². The van der Waals surface area contributed by atoms with Gasteiger partial charge in [-0.25, -0.2) is 0 Å². The fraction of sp³-hybridized carbons (Fsp3) is 0.417. The summed E-state index contributed by atoms with van der Waals surface area (Å²) in [5.74, 6) is -0.159. The second-order valence-electron chi connectivity index (χ2n) is 8.31. The highest BCUT2D eigenvalue weighted by Crippen LogP contribution is 2.40. The Balaban J connectivity index is 1.24. The first kappa shape index (κ1) is 19.5. The lowest BCUT2D eigenvalue weighted by molar-refractivity contribution is -0.135. The Morgan fingerprint density at radius 1 is 0.931 bits per heavy atom. The van der Waals surface area contributed by atoms with Gasteiger partial charge in [-0.05, 0) is 43.5 Å². The number of amides is 2. The fourth-order valence-corrected chi connectivity index (χ4v) is 4.14. The molecule has 1 saturated heterocycles. The minimum absolute atomic E-state index is 0.00301. The van der Waals surface area contributed by atoms with Crippen LogP contribution in [-0.2, 0) is 16.1 Å². The second kappa shape index (κ2) is 8.27. The summed E-state index contributed by atoms with van der Waals surface area (Å²) in [5.41, 5.74) is 4.74. The maximum absolute atomic E-state index is 12.8. The van der Waals surface area contributed by atoms with Crippen LogP contribution in [0.15, 0.2) is 48.5 Å². The van der Waals surface area contributed by atoms with Crippen molar-refractivity contribution in [1.29, 1.82) is 0 Å². The molecule has 1 saturated carbocycles. The molecule has 2 aromatic rings. The van der Waals surface area contributed by atoms with Crippen molar-refractivity contribution in [2.24, 2.45) is 11.8 Å². The Morgan fingerprint density at radius 3 is 2.31 bits per heavy atom. The molecule has 0 aromatic heterocycles. The number of piperazine rings is 1. The van der Waals surface area contributed by atoms with E-state index in [1.54, 1.807) is 0 Å². The third-order valence-electron chi connectivity index (χ3n) is 5.95. The first-order valence-corrected chi connectivity index (χ1v) is 10.4. The van der Waals surface area contributed by atoms with Gasteiger partial charge in [0.05, 0.1) is 11.8 Å². The van der Waals surface area contributed by atoms with Crippen molar-refractivity contribution < 1.29 is 9.59 Å². The topological polar surface area (TPSA) is 52.7 Å². The van der Waals surface area contributed by atoms with Crippen LogP contribution in [0, 0.1) is 25.7 Å². The van der Waals surface area contributed by atoms with Crippen LogP contribution in [0.5, 0.6) is 0 Å². The number of carbonyl (C=O) groups is 2. The average molecular weight is 392 g/mol. The lowest BCUT2D eigenvalue weighted by atomic mass is 10.1. The Kier molecular flexibility index (Phi) is 5.56. The molecule has 4 rings (SSSR count). The van der Waals surface area contributed by atoms with Crippen LogP contribution in [0.1, 0.15) is 23.1 Å². The number of anilines is 1. The van der Waals surface area contributed by atoms with Gasteiger partial charge in [0.2, 0.25) is 11.8 Å². The zero-order valence-corrected chi connectivity index (χ0v) is 17.2. The number of nitrogens with zero attached hydrogens (tertiary/aromatic N) is 2. The summed E-state index contributed by atoms with van der Waals surface area (Å²) in [6, 6.07) is 16.6. The first-order chi connectivity index (χ1) is 14.0. The monoisotopic (exact) mass is 391 g/mol. The van der Waals surface area contributed by atoms with Crippen LogP contribution in [0.3, 0.4) is 0 Å². The molecule has 1 N–H and O–H groups in total. The van der Waals surface area contributed by atoms with Crippen molar-refractivity contribution in [3.8, 4) is 0 Å². The second-order valence-corrected chi connectivity index (χ2v) is 8.31. The smallest absolute Gasteiger partial charge is 0.226 e. The molecule has 2 amide bonds. The van der Waals surface area contributed by atoms with Crippen molar-refractivity contribution >= 4 is 17.5 Å². The summed E-state index contributed by atoms with van der Waals surface area (Å²) in [6.07, 6.45) is 0.677. The minimum Gasteiger partial charge on any atom is -0.368 e. The number of hydrogen-bond acceptors (Lipinski definition) is 3. The van der Waals surface area contributed by atoms with E-state index in [9.17, 15) is 9.59 Å². The van der Waals surface area contributed by atoms with Gasteiger partial charge in [-0.1, -0.05) is 42.0 Å². The molecule has 1 aliphatic carbocycles. The van der Waals surface area contributed by atoms with Crippen LogP contribution >= 0.6 is 0 Å².